The van der Waals surface area contributed by atoms with Gasteiger partial charge in [-0.25, -0.2) is 9.97 Å². The van der Waals surface area contributed by atoms with Crippen LogP contribution in [0.3, 0.4) is 0 Å². The van der Waals surface area contributed by atoms with E-state index >= 15 is 0 Å². The lowest BCUT2D eigenvalue weighted by atomic mass is 9.77. The maximum absolute atomic E-state index is 10.1. The van der Waals surface area contributed by atoms with E-state index in [0.717, 1.165) is 67.0 Å². The van der Waals surface area contributed by atoms with Gasteiger partial charge in [-0.05, 0) is 57.1 Å². The lowest BCUT2D eigenvalue weighted by molar-refractivity contribution is -0.0164. The van der Waals surface area contributed by atoms with Gasteiger partial charge in [0.2, 0.25) is 0 Å². The fourth-order valence-corrected chi connectivity index (χ4v) is 5.65. The number of anilines is 1. The Labute approximate surface area is 181 Å². The highest BCUT2D eigenvalue weighted by molar-refractivity contribution is 5.90. The molecule has 31 heavy (non-hydrogen) atoms. The molecule has 2 aliphatic heterocycles. The maximum Gasteiger partial charge on any atom is 0.165 e. The highest BCUT2D eigenvalue weighted by Crippen LogP contribution is 2.44. The minimum Gasteiger partial charge on any atom is -0.391 e. The van der Waals surface area contributed by atoms with Crippen molar-refractivity contribution in [3.05, 3.63) is 30.4 Å². The lowest BCUT2D eigenvalue weighted by Gasteiger charge is -2.43. The molecule has 2 saturated heterocycles. The van der Waals surface area contributed by atoms with E-state index in [9.17, 15) is 5.11 Å². The topological polar surface area (TPSA) is 94.1 Å². The average molecular weight is 420 g/mol. The Morgan fingerprint density at radius 1 is 1.10 bits per heavy atom. The van der Waals surface area contributed by atoms with Crippen molar-refractivity contribution in [3.63, 3.8) is 0 Å². The van der Waals surface area contributed by atoms with Crippen LogP contribution in [0.1, 0.15) is 37.8 Å². The van der Waals surface area contributed by atoms with Gasteiger partial charge in [-0.2, -0.15) is 5.10 Å². The van der Waals surface area contributed by atoms with Crippen LogP contribution in [0.15, 0.2) is 24.7 Å². The van der Waals surface area contributed by atoms with Crippen LogP contribution in [0.2, 0.25) is 0 Å². The Kier molecular flexibility index (Phi) is 4.47. The van der Waals surface area contributed by atoms with E-state index in [1.807, 2.05) is 25.4 Å². The molecule has 5 heterocycles. The van der Waals surface area contributed by atoms with E-state index < -0.39 is 0 Å². The third-order valence-electron chi connectivity index (χ3n) is 7.81. The molecule has 162 valence electrons. The first-order chi connectivity index (χ1) is 15.1. The summed E-state index contributed by atoms with van der Waals surface area (Å²) < 4.78 is 0. The first-order valence-electron chi connectivity index (χ1n) is 11.4. The van der Waals surface area contributed by atoms with Gasteiger partial charge in [0.05, 0.1) is 29.6 Å². The summed E-state index contributed by atoms with van der Waals surface area (Å²) in [4.78, 5) is 19.0. The second-order valence-corrected chi connectivity index (χ2v) is 9.59. The van der Waals surface area contributed by atoms with Crippen LogP contribution in [0.5, 0.6) is 0 Å². The van der Waals surface area contributed by atoms with Gasteiger partial charge in [0.1, 0.15) is 5.82 Å². The summed E-state index contributed by atoms with van der Waals surface area (Å²) in [6.07, 6.45) is 11.0. The molecule has 3 aromatic heterocycles. The van der Waals surface area contributed by atoms with Crippen LogP contribution in [0, 0.1) is 12.3 Å². The van der Waals surface area contributed by atoms with E-state index in [4.69, 9.17) is 9.97 Å². The van der Waals surface area contributed by atoms with Gasteiger partial charge in [-0.1, -0.05) is 0 Å². The van der Waals surface area contributed by atoms with Crippen LogP contribution in [0.25, 0.3) is 22.3 Å². The molecule has 8 nitrogen and oxygen atoms in total. The fourth-order valence-electron chi connectivity index (χ4n) is 5.65. The van der Waals surface area contributed by atoms with E-state index in [1.54, 1.807) is 6.20 Å². The third-order valence-corrected chi connectivity index (χ3v) is 7.81. The molecule has 3 aromatic rings. The molecule has 1 saturated carbocycles. The number of aliphatic hydroxyl groups is 1. The van der Waals surface area contributed by atoms with Gasteiger partial charge in [0, 0.05) is 43.0 Å². The Morgan fingerprint density at radius 3 is 2.65 bits per heavy atom. The Morgan fingerprint density at radius 2 is 1.94 bits per heavy atom. The molecule has 3 aliphatic rings. The lowest BCUT2D eigenvalue weighted by Crippen LogP contribution is -2.51. The van der Waals surface area contributed by atoms with Crippen LogP contribution in [0.4, 0.5) is 5.82 Å². The van der Waals surface area contributed by atoms with Gasteiger partial charge >= 0.3 is 0 Å². The van der Waals surface area contributed by atoms with E-state index in [2.05, 4.69) is 25.0 Å². The highest BCUT2D eigenvalue weighted by Gasteiger charge is 2.45. The molecule has 0 unspecified atom stereocenters. The number of fused-ring (bicyclic) bond motifs is 1. The zero-order chi connectivity index (χ0) is 21.0. The fraction of sp³-hybridized carbons (Fsp3) is 0.565. The first kappa shape index (κ1) is 19.1. The number of pyridine rings is 1. The summed E-state index contributed by atoms with van der Waals surface area (Å²) >= 11 is 0. The standard InChI is InChI=1S/C23H29N7O/c1-15-17(12-25-28-15)21-26-18-13-24-8-4-16(18)22(27-21)29-9-5-23(6-10-29)7-11-30(14-23)19-2-3-20(19)31/h4,8,12-13,19-20,31H,2-3,5-7,9-11,14H2,1H3,(H,25,28)/t19-,20-/m1/s1. The largest absolute Gasteiger partial charge is 0.391 e. The van der Waals surface area contributed by atoms with Crippen LogP contribution in [-0.2, 0) is 0 Å². The summed E-state index contributed by atoms with van der Waals surface area (Å²) in [6.45, 7) is 6.26. The second-order valence-electron chi connectivity index (χ2n) is 9.59. The predicted molar refractivity (Wildman–Crippen MR) is 119 cm³/mol. The van der Waals surface area contributed by atoms with Crippen molar-refractivity contribution in [2.24, 2.45) is 5.41 Å². The number of H-pyrrole nitrogens is 1. The van der Waals surface area contributed by atoms with Gasteiger partial charge in [0.25, 0.3) is 0 Å². The number of aryl methyl sites for hydroxylation is 1. The predicted octanol–water partition coefficient (Wildman–Crippen LogP) is 2.54. The number of piperidine rings is 1. The van der Waals surface area contributed by atoms with Gasteiger partial charge in [-0.15, -0.1) is 0 Å². The first-order valence-corrected chi connectivity index (χ1v) is 11.4. The molecule has 0 amide bonds. The number of likely N-dealkylation sites (tertiary alicyclic amines) is 1. The number of hydrogen-bond donors (Lipinski definition) is 2. The van der Waals surface area contributed by atoms with E-state index in [0.29, 0.717) is 17.3 Å². The number of nitrogens with zero attached hydrogens (tertiary/aromatic N) is 6. The van der Waals surface area contributed by atoms with Crippen molar-refractivity contribution in [1.29, 1.82) is 0 Å². The maximum atomic E-state index is 10.1. The van der Waals surface area contributed by atoms with Crippen LogP contribution in [-0.4, -0.2) is 73.5 Å². The molecule has 1 aliphatic carbocycles. The molecule has 0 radical (unpaired) electrons. The number of aromatic nitrogens is 5. The van der Waals surface area contributed by atoms with Crippen molar-refractivity contribution in [3.8, 4) is 11.4 Å². The van der Waals surface area contributed by atoms with Crippen LogP contribution < -0.4 is 4.90 Å². The molecular formula is C23H29N7O. The van der Waals surface area contributed by atoms with Gasteiger partial charge < -0.3 is 10.0 Å². The second kappa shape index (κ2) is 7.24. The number of hydrogen-bond acceptors (Lipinski definition) is 7. The molecule has 0 bridgehead atoms. The molecular weight excluding hydrogens is 390 g/mol. The molecule has 2 N–H and O–H groups in total. The van der Waals surface area contributed by atoms with Crippen molar-refractivity contribution < 1.29 is 5.11 Å². The number of aromatic amines is 1. The summed E-state index contributed by atoms with van der Waals surface area (Å²) in [7, 11) is 0. The monoisotopic (exact) mass is 419 g/mol. The van der Waals surface area contributed by atoms with Crippen molar-refractivity contribution >= 4 is 16.7 Å². The summed E-state index contributed by atoms with van der Waals surface area (Å²) in [5, 5.41) is 18.3. The SMILES string of the molecule is Cc1[nH]ncc1-c1nc(N2CCC3(CC2)CCN([C@@H]2CC[C@H]2O)C3)c2ccncc2n1. The molecule has 6 rings (SSSR count). The number of rotatable bonds is 3. The van der Waals surface area contributed by atoms with E-state index in [-0.39, 0.29) is 6.10 Å². The number of aliphatic hydroxyl groups excluding tert-OH is 1. The van der Waals surface area contributed by atoms with Gasteiger partial charge in [0.15, 0.2) is 5.82 Å². The van der Waals surface area contributed by atoms with Crippen molar-refractivity contribution in [2.75, 3.05) is 31.1 Å². The molecule has 0 aromatic carbocycles. The summed E-state index contributed by atoms with van der Waals surface area (Å²) in [5.41, 5.74) is 3.16. The number of nitrogens with one attached hydrogen (secondary N) is 1. The highest BCUT2D eigenvalue weighted by atomic mass is 16.3. The molecule has 2 atom stereocenters. The Balaban J connectivity index is 1.26. The van der Waals surface area contributed by atoms with Crippen molar-refractivity contribution in [2.45, 2.75) is 51.2 Å². The summed E-state index contributed by atoms with van der Waals surface area (Å²) in [5.74, 6) is 1.70. The van der Waals surface area contributed by atoms with E-state index in [1.165, 1.54) is 19.3 Å². The Hall–Kier alpha value is -2.58. The minimum atomic E-state index is -0.110. The molecule has 3 fully saturated rings. The normalized spacial score (nSPS) is 25.9. The minimum absolute atomic E-state index is 0.110. The molecule has 1 spiro atoms. The van der Waals surface area contributed by atoms with Crippen LogP contribution >= 0.6 is 0 Å². The molecule has 8 heteroatoms. The quantitative estimate of drug-likeness (QED) is 0.674. The smallest absolute Gasteiger partial charge is 0.165 e. The average Bonchev–Trinajstić information content (AvgIpc) is 3.39. The van der Waals surface area contributed by atoms with Crippen molar-refractivity contribution in [1.82, 2.24) is 30.0 Å². The third kappa shape index (κ3) is 3.20. The zero-order valence-electron chi connectivity index (χ0n) is 18.0. The van der Waals surface area contributed by atoms with Gasteiger partial charge in [-0.3, -0.25) is 15.0 Å². The summed E-state index contributed by atoms with van der Waals surface area (Å²) in [6, 6.07) is 2.42. The zero-order valence-corrected chi connectivity index (χ0v) is 18.0. The Bertz CT molecular complexity index is 1100.